The van der Waals surface area contributed by atoms with E-state index >= 15 is 0 Å². The number of carbonyl (C=O) groups excluding carboxylic acids is 1. The first-order chi connectivity index (χ1) is 7.41. The lowest BCUT2D eigenvalue weighted by molar-refractivity contribution is -0.122. The molecule has 1 aromatic carbocycles. The average molecular weight is 220 g/mol. The van der Waals surface area contributed by atoms with Crippen LogP contribution in [0, 0.1) is 13.8 Å². The third-order valence-corrected chi connectivity index (χ3v) is 2.67. The summed E-state index contributed by atoms with van der Waals surface area (Å²) in [6, 6.07) is 5.77. The first-order valence-electron chi connectivity index (χ1n) is 5.55. The molecule has 0 spiro atoms. The maximum atomic E-state index is 11.5. The van der Waals surface area contributed by atoms with Gasteiger partial charge in [0.1, 0.15) is 0 Å². The lowest BCUT2D eigenvalue weighted by Gasteiger charge is -2.18. The van der Waals surface area contributed by atoms with Crippen LogP contribution in [-0.4, -0.2) is 11.9 Å². The molecule has 0 aromatic heterocycles. The van der Waals surface area contributed by atoms with Gasteiger partial charge in [-0.25, -0.2) is 0 Å². The summed E-state index contributed by atoms with van der Waals surface area (Å²) >= 11 is 0. The van der Waals surface area contributed by atoms with Crippen LogP contribution in [0.4, 0.5) is 0 Å². The van der Waals surface area contributed by atoms with Gasteiger partial charge >= 0.3 is 0 Å². The fraction of sp³-hybridized carbons (Fsp3) is 0.462. The van der Waals surface area contributed by atoms with Gasteiger partial charge in [-0.05, 0) is 38.8 Å². The molecule has 1 rings (SSSR count). The first kappa shape index (κ1) is 12.7. The minimum Gasteiger partial charge on any atom is -0.348 e. The first-order valence-corrected chi connectivity index (χ1v) is 5.55. The molecule has 0 fully saturated rings. The number of aryl methyl sites for hydroxylation is 2. The van der Waals surface area contributed by atoms with Crippen molar-refractivity contribution in [1.29, 1.82) is 0 Å². The molecule has 3 nitrogen and oxygen atoms in total. The number of hydrogen-bond acceptors (Lipinski definition) is 2. The van der Waals surface area contributed by atoms with Crippen molar-refractivity contribution in [3.63, 3.8) is 0 Å². The largest absolute Gasteiger partial charge is 0.348 e. The van der Waals surface area contributed by atoms with Crippen molar-refractivity contribution >= 4 is 5.91 Å². The zero-order valence-electron chi connectivity index (χ0n) is 10.4. The van der Waals surface area contributed by atoms with Gasteiger partial charge in [-0.2, -0.15) is 0 Å². The highest BCUT2D eigenvalue weighted by Gasteiger charge is 2.14. The predicted molar refractivity (Wildman–Crippen MR) is 66.1 cm³/mol. The van der Waals surface area contributed by atoms with E-state index < -0.39 is 6.04 Å². The lowest BCUT2D eigenvalue weighted by Crippen LogP contribution is -2.39. The maximum absolute atomic E-state index is 11.5. The van der Waals surface area contributed by atoms with Crippen LogP contribution in [0.1, 0.15) is 36.6 Å². The Labute approximate surface area is 97.0 Å². The topological polar surface area (TPSA) is 55.1 Å². The summed E-state index contributed by atoms with van der Waals surface area (Å²) in [6.07, 6.45) is 0. The number of hydrogen-bond donors (Lipinski definition) is 2. The fourth-order valence-corrected chi connectivity index (χ4v) is 1.65. The molecule has 0 bridgehead atoms. The average Bonchev–Trinajstić information content (AvgIpc) is 2.21. The molecule has 1 unspecified atom stereocenters. The van der Waals surface area contributed by atoms with Crippen LogP contribution in [0.15, 0.2) is 18.2 Å². The Balaban J connectivity index is 2.84. The van der Waals surface area contributed by atoms with Crippen LogP contribution < -0.4 is 11.1 Å². The summed E-state index contributed by atoms with van der Waals surface area (Å²) in [7, 11) is 0. The summed E-state index contributed by atoms with van der Waals surface area (Å²) in [6.45, 7) is 7.75. The highest BCUT2D eigenvalue weighted by atomic mass is 16.2. The second-order valence-electron chi connectivity index (χ2n) is 4.38. The van der Waals surface area contributed by atoms with Gasteiger partial charge in [0.05, 0.1) is 12.1 Å². The van der Waals surface area contributed by atoms with Gasteiger partial charge in [-0.3, -0.25) is 4.79 Å². The van der Waals surface area contributed by atoms with E-state index in [0.717, 1.165) is 5.56 Å². The molecular weight excluding hydrogens is 200 g/mol. The molecule has 1 amide bonds. The number of amides is 1. The normalized spacial score (nSPS) is 14.3. The minimum absolute atomic E-state index is 0.00148. The van der Waals surface area contributed by atoms with E-state index in [1.165, 1.54) is 11.1 Å². The molecule has 0 aliphatic carbocycles. The number of carbonyl (C=O) groups is 1. The predicted octanol–water partition coefficient (Wildman–Crippen LogP) is 1.83. The van der Waals surface area contributed by atoms with Crippen molar-refractivity contribution in [2.45, 2.75) is 39.8 Å². The number of nitrogens with two attached hydrogens (primary N) is 1. The van der Waals surface area contributed by atoms with Crippen LogP contribution in [0.3, 0.4) is 0 Å². The zero-order chi connectivity index (χ0) is 12.3. The van der Waals surface area contributed by atoms with E-state index in [9.17, 15) is 4.79 Å². The molecule has 0 aliphatic rings. The molecule has 3 N–H and O–H groups in total. The SMILES string of the molecule is Cc1ccc(C)c(C(C)NC(=O)[C@@H](C)N)c1. The van der Waals surface area contributed by atoms with Crippen LogP contribution in [0.2, 0.25) is 0 Å². The van der Waals surface area contributed by atoms with Crippen LogP contribution in [0.5, 0.6) is 0 Å². The highest BCUT2D eigenvalue weighted by Crippen LogP contribution is 2.18. The second-order valence-corrected chi connectivity index (χ2v) is 4.38. The van der Waals surface area contributed by atoms with Gasteiger partial charge in [0.25, 0.3) is 0 Å². The van der Waals surface area contributed by atoms with Gasteiger partial charge in [0.15, 0.2) is 0 Å². The molecule has 1 aromatic rings. The molecular formula is C13H20N2O. The third-order valence-electron chi connectivity index (χ3n) is 2.67. The van der Waals surface area contributed by atoms with Gasteiger partial charge in [-0.15, -0.1) is 0 Å². The number of nitrogens with one attached hydrogen (secondary N) is 1. The summed E-state index contributed by atoms with van der Waals surface area (Å²) in [5.41, 5.74) is 9.05. The molecule has 0 radical (unpaired) electrons. The number of benzene rings is 1. The van der Waals surface area contributed by atoms with Crippen molar-refractivity contribution in [1.82, 2.24) is 5.32 Å². The van der Waals surface area contributed by atoms with Gasteiger partial charge in [0, 0.05) is 0 Å². The Hall–Kier alpha value is -1.35. The molecule has 0 heterocycles. The Morgan fingerprint density at radius 2 is 1.94 bits per heavy atom. The summed E-state index contributed by atoms with van der Waals surface area (Å²) in [5, 5.41) is 2.90. The van der Waals surface area contributed by atoms with E-state index in [2.05, 4.69) is 23.5 Å². The fourth-order valence-electron chi connectivity index (χ4n) is 1.65. The summed E-state index contributed by atoms with van der Waals surface area (Å²) in [4.78, 5) is 11.5. The van der Waals surface area contributed by atoms with Crippen molar-refractivity contribution in [2.24, 2.45) is 5.73 Å². The Kier molecular flexibility index (Phi) is 4.07. The van der Waals surface area contributed by atoms with Crippen LogP contribution in [-0.2, 0) is 4.79 Å². The molecule has 0 aliphatic heterocycles. The van der Waals surface area contributed by atoms with Crippen molar-refractivity contribution in [3.05, 3.63) is 34.9 Å². The molecule has 2 atom stereocenters. The molecule has 3 heteroatoms. The second kappa shape index (κ2) is 5.12. The van der Waals surface area contributed by atoms with E-state index in [0.29, 0.717) is 0 Å². The van der Waals surface area contributed by atoms with Crippen molar-refractivity contribution in [2.75, 3.05) is 0 Å². The quantitative estimate of drug-likeness (QED) is 0.816. The molecule has 16 heavy (non-hydrogen) atoms. The molecule has 88 valence electrons. The lowest BCUT2D eigenvalue weighted by atomic mass is 10.00. The van der Waals surface area contributed by atoms with Crippen LogP contribution >= 0.6 is 0 Å². The zero-order valence-corrected chi connectivity index (χ0v) is 10.4. The van der Waals surface area contributed by atoms with Gasteiger partial charge in [0.2, 0.25) is 5.91 Å². The van der Waals surface area contributed by atoms with Gasteiger partial charge < -0.3 is 11.1 Å². The standard InChI is InChI=1S/C13H20N2O/c1-8-5-6-9(2)12(7-8)11(4)15-13(16)10(3)14/h5-7,10-11H,14H2,1-4H3,(H,15,16)/t10-,11?/m1/s1. The Morgan fingerprint density at radius 3 is 2.50 bits per heavy atom. The van der Waals surface area contributed by atoms with Crippen molar-refractivity contribution in [3.8, 4) is 0 Å². The smallest absolute Gasteiger partial charge is 0.237 e. The summed E-state index contributed by atoms with van der Waals surface area (Å²) in [5.74, 6) is -0.117. The highest BCUT2D eigenvalue weighted by molar-refractivity contribution is 5.81. The van der Waals surface area contributed by atoms with Gasteiger partial charge in [-0.1, -0.05) is 23.8 Å². The third kappa shape index (κ3) is 3.07. The van der Waals surface area contributed by atoms with E-state index in [-0.39, 0.29) is 11.9 Å². The number of rotatable bonds is 3. The Bertz CT molecular complexity index is 386. The van der Waals surface area contributed by atoms with Crippen LogP contribution in [0.25, 0.3) is 0 Å². The van der Waals surface area contributed by atoms with Crippen molar-refractivity contribution < 1.29 is 4.79 Å². The maximum Gasteiger partial charge on any atom is 0.237 e. The van der Waals surface area contributed by atoms with E-state index in [1.54, 1.807) is 6.92 Å². The summed E-state index contributed by atoms with van der Waals surface area (Å²) < 4.78 is 0. The molecule has 0 saturated carbocycles. The molecule has 0 saturated heterocycles. The van der Waals surface area contributed by atoms with E-state index in [4.69, 9.17) is 5.73 Å². The monoisotopic (exact) mass is 220 g/mol. The minimum atomic E-state index is -0.465. The van der Waals surface area contributed by atoms with E-state index in [1.807, 2.05) is 20.8 Å². The Morgan fingerprint density at radius 1 is 1.31 bits per heavy atom.